The molecule has 1 heterocycles. The van der Waals surface area contributed by atoms with Crippen LogP contribution in [0.5, 0.6) is 0 Å². The third kappa shape index (κ3) is 4.57. The molecule has 0 unspecified atom stereocenters. The van der Waals surface area contributed by atoms with Crippen LogP contribution in [0.2, 0.25) is 0 Å². The van der Waals surface area contributed by atoms with Gasteiger partial charge in [0.05, 0.1) is 16.7 Å². The zero-order valence-electron chi connectivity index (χ0n) is 29.6. The molecule has 0 saturated heterocycles. The molecule has 1 aromatic heterocycles. The Balaban J connectivity index is 1.18. The van der Waals surface area contributed by atoms with Crippen LogP contribution in [0.3, 0.4) is 0 Å². The van der Waals surface area contributed by atoms with Crippen LogP contribution in [0, 0.1) is 6.92 Å². The van der Waals surface area contributed by atoms with E-state index < -0.39 is 0 Å². The Kier molecular flexibility index (Phi) is 6.78. The van der Waals surface area contributed by atoms with Gasteiger partial charge in [0.2, 0.25) is 0 Å². The highest BCUT2D eigenvalue weighted by Crippen LogP contribution is 2.55. The second-order valence-corrected chi connectivity index (χ2v) is 14.7. The lowest BCUT2D eigenvalue weighted by molar-refractivity contribution is 0.660. The number of nitrogens with zero attached hydrogens (tertiary/aromatic N) is 2. The van der Waals surface area contributed by atoms with Crippen LogP contribution in [0.15, 0.2) is 176 Å². The maximum Gasteiger partial charge on any atom is 0.0543 e. The summed E-state index contributed by atoms with van der Waals surface area (Å²) in [6.45, 7) is 6.95. The molecule has 1 aliphatic carbocycles. The van der Waals surface area contributed by atoms with Crippen molar-refractivity contribution >= 4 is 49.6 Å². The Morgan fingerprint density at radius 3 is 1.65 bits per heavy atom. The number of fused-ring (bicyclic) bond motifs is 8. The number of hydrogen-bond donors (Lipinski definition) is 0. The summed E-state index contributed by atoms with van der Waals surface area (Å²) in [7, 11) is 0. The van der Waals surface area contributed by atoms with Crippen molar-refractivity contribution in [2.75, 3.05) is 4.90 Å². The summed E-state index contributed by atoms with van der Waals surface area (Å²) in [5, 5.41) is 5.09. The molecular weight excluding hydrogens is 629 g/mol. The largest absolute Gasteiger partial charge is 0.310 e. The van der Waals surface area contributed by atoms with E-state index in [1.807, 2.05) is 0 Å². The molecule has 0 fully saturated rings. The number of aryl methyl sites for hydroxylation is 1. The average Bonchev–Trinajstić information content (AvgIpc) is 3.64. The summed E-state index contributed by atoms with van der Waals surface area (Å²) in [5.41, 5.74) is 16.0. The fourth-order valence-corrected chi connectivity index (χ4v) is 8.63. The fraction of sp³-hybridized carbons (Fsp3) is 0.0800. The summed E-state index contributed by atoms with van der Waals surface area (Å²) >= 11 is 0. The van der Waals surface area contributed by atoms with E-state index in [1.165, 1.54) is 82.9 Å². The fourth-order valence-electron chi connectivity index (χ4n) is 8.63. The van der Waals surface area contributed by atoms with E-state index in [1.54, 1.807) is 0 Å². The summed E-state index contributed by atoms with van der Waals surface area (Å²) < 4.78 is 2.44. The molecule has 0 N–H and O–H groups in total. The maximum absolute atomic E-state index is 2.47. The van der Waals surface area contributed by atoms with Crippen molar-refractivity contribution in [3.05, 3.63) is 193 Å². The second-order valence-electron chi connectivity index (χ2n) is 14.7. The third-order valence-electron chi connectivity index (χ3n) is 11.2. The second kappa shape index (κ2) is 11.6. The molecule has 0 saturated carbocycles. The third-order valence-corrected chi connectivity index (χ3v) is 11.2. The highest BCUT2D eigenvalue weighted by Gasteiger charge is 2.38. The smallest absolute Gasteiger partial charge is 0.0543 e. The van der Waals surface area contributed by atoms with E-state index in [4.69, 9.17) is 0 Å². The van der Waals surface area contributed by atoms with Gasteiger partial charge in [0.15, 0.2) is 0 Å². The van der Waals surface area contributed by atoms with Crippen molar-refractivity contribution in [3.8, 4) is 27.9 Å². The standard InChI is InChI=1S/C50H38N2/c1-33-21-25-36(26-22-33)51(37-27-23-35(24-28-37)34-13-5-4-6-14-34)48-32-45-49(42-18-8-7-17-41(42)48)43-30-29-38(31-44(43)50(45,2)3)52-46-19-11-9-15-39(46)40-16-10-12-20-47(40)52/h4-32H,1-3H3. The van der Waals surface area contributed by atoms with E-state index in [0.717, 1.165) is 11.4 Å². The van der Waals surface area contributed by atoms with Crippen LogP contribution < -0.4 is 4.90 Å². The van der Waals surface area contributed by atoms with Gasteiger partial charge in [-0.05, 0) is 100 Å². The molecule has 2 nitrogen and oxygen atoms in total. The quantitative estimate of drug-likeness (QED) is 0.177. The van der Waals surface area contributed by atoms with Crippen LogP contribution >= 0.6 is 0 Å². The molecule has 0 aliphatic heterocycles. The van der Waals surface area contributed by atoms with Crippen molar-refractivity contribution in [1.82, 2.24) is 4.57 Å². The molecular formula is C50H38N2. The first-order valence-electron chi connectivity index (χ1n) is 18.2. The lowest BCUT2D eigenvalue weighted by Gasteiger charge is -2.30. The van der Waals surface area contributed by atoms with Crippen molar-refractivity contribution in [3.63, 3.8) is 0 Å². The Hall–Kier alpha value is -6.38. The number of para-hydroxylation sites is 2. The highest BCUT2D eigenvalue weighted by molar-refractivity contribution is 6.11. The van der Waals surface area contributed by atoms with Gasteiger partial charge in [-0.1, -0.05) is 141 Å². The zero-order valence-corrected chi connectivity index (χ0v) is 29.6. The van der Waals surface area contributed by atoms with Crippen LogP contribution in [0.1, 0.15) is 30.5 Å². The Morgan fingerprint density at radius 2 is 1.00 bits per heavy atom. The van der Waals surface area contributed by atoms with Gasteiger partial charge in [0, 0.05) is 38.6 Å². The van der Waals surface area contributed by atoms with Gasteiger partial charge < -0.3 is 9.47 Å². The maximum atomic E-state index is 2.47. The molecule has 248 valence electrons. The Labute approximate surface area is 304 Å². The Morgan fingerprint density at radius 1 is 0.462 bits per heavy atom. The van der Waals surface area contributed by atoms with E-state index in [9.17, 15) is 0 Å². The van der Waals surface area contributed by atoms with Crippen molar-refractivity contribution < 1.29 is 0 Å². The van der Waals surface area contributed by atoms with E-state index >= 15 is 0 Å². The number of hydrogen-bond acceptors (Lipinski definition) is 1. The van der Waals surface area contributed by atoms with E-state index in [2.05, 4.69) is 206 Å². The molecule has 0 amide bonds. The summed E-state index contributed by atoms with van der Waals surface area (Å²) in [6.07, 6.45) is 0. The van der Waals surface area contributed by atoms with Crippen LogP contribution in [-0.4, -0.2) is 4.57 Å². The topological polar surface area (TPSA) is 8.17 Å². The van der Waals surface area contributed by atoms with Crippen molar-refractivity contribution in [2.45, 2.75) is 26.2 Å². The van der Waals surface area contributed by atoms with Crippen molar-refractivity contribution in [1.29, 1.82) is 0 Å². The minimum atomic E-state index is -0.228. The first-order chi connectivity index (χ1) is 25.5. The van der Waals surface area contributed by atoms with Crippen LogP contribution in [0.4, 0.5) is 17.1 Å². The first-order valence-corrected chi connectivity index (χ1v) is 18.2. The molecule has 8 aromatic carbocycles. The summed E-state index contributed by atoms with van der Waals surface area (Å²) in [6, 6.07) is 64.7. The number of benzene rings is 8. The molecule has 0 spiro atoms. The molecule has 0 atom stereocenters. The number of aromatic nitrogens is 1. The van der Waals surface area contributed by atoms with Gasteiger partial charge in [-0.15, -0.1) is 0 Å². The number of anilines is 3. The molecule has 1 aliphatic rings. The SMILES string of the molecule is Cc1ccc(N(c2ccc(-c3ccccc3)cc2)c2cc3c(c4ccccc24)-c2ccc(-n4c5ccccc5c5ccccc54)cc2C3(C)C)cc1. The van der Waals surface area contributed by atoms with E-state index in [-0.39, 0.29) is 5.41 Å². The summed E-state index contributed by atoms with van der Waals surface area (Å²) in [5.74, 6) is 0. The lowest BCUT2D eigenvalue weighted by Crippen LogP contribution is -2.17. The molecule has 9 aromatic rings. The zero-order chi connectivity index (χ0) is 35.0. The Bertz CT molecular complexity index is 2750. The molecule has 2 heteroatoms. The van der Waals surface area contributed by atoms with Gasteiger partial charge >= 0.3 is 0 Å². The predicted octanol–water partition coefficient (Wildman–Crippen LogP) is 13.7. The molecule has 0 radical (unpaired) electrons. The monoisotopic (exact) mass is 666 g/mol. The first kappa shape index (κ1) is 30.4. The average molecular weight is 667 g/mol. The van der Waals surface area contributed by atoms with Gasteiger partial charge in [-0.2, -0.15) is 0 Å². The van der Waals surface area contributed by atoms with Crippen LogP contribution in [-0.2, 0) is 5.41 Å². The minimum absolute atomic E-state index is 0.228. The lowest BCUT2D eigenvalue weighted by atomic mass is 9.81. The molecule has 10 rings (SSSR count). The van der Waals surface area contributed by atoms with Crippen LogP contribution in [0.25, 0.3) is 60.5 Å². The van der Waals surface area contributed by atoms with Gasteiger partial charge in [-0.3, -0.25) is 0 Å². The normalized spacial score (nSPS) is 13.1. The highest BCUT2D eigenvalue weighted by atomic mass is 15.1. The van der Waals surface area contributed by atoms with Gasteiger partial charge in [0.25, 0.3) is 0 Å². The number of rotatable bonds is 5. The van der Waals surface area contributed by atoms with Crippen molar-refractivity contribution in [2.24, 2.45) is 0 Å². The minimum Gasteiger partial charge on any atom is -0.310 e. The van der Waals surface area contributed by atoms with Gasteiger partial charge in [0.1, 0.15) is 0 Å². The molecule has 52 heavy (non-hydrogen) atoms. The molecule has 0 bridgehead atoms. The van der Waals surface area contributed by atoms with Gasteiger partial charge in [-0.25, -0.2) is 0 Å². The van der Waals surface area contributed by atoms with E-state index in [0.29, 0.717) is 0 Å². The summed E-state index contributed by atoms with van der Waals surface area (Å²) in [4.78, 5) is 2.44. The predicted molar refractivity (Wildman–Crippen MR) is 221 cm³/mol.